The van der Waals surface area contributed by atoms with Crippen LogP contribution >= 0.6 is 0 Å². The Labute approximate surface area is 133 Å². The first kappa shape index (κ1) is 17.1. The van der Waals surface area contributed by atoms with Gasteiger partial charge in [-0.25, -0.2) is 4.79 Å². The lowest BCUT2D eigenvalue weighted by Crippen LogP contribution is -2.50. The number of hydrogen-bond acceptors (Lipinski definition) is 3. The second-order valence-corrected chi connectivity index (χ2v) is 7.81. The lowest BCUT2D eigenvalue weighted by atomic mass is 9.87. The van der Waals surface area contributed by atoms with Gasteiger partial charge in [0.05, 0.1) is 0 Å². The van der Waals surface area contributed by atoms with Gasteiger partial charge in [-0.3, -0.25) is 9.69 Å². The maximum Gasteiger partial charge on any atom is 0.410 e. The smallest absolute Gasteiger partial charge is 0.410 e. The van der Waals surface area contributed by atoms with E-state index in [0.29, 0.717) is 12.5 Å². The van der Waals surface area contributed by atoms with E-state index in [0.717, 1.165) is 25.7 Å². The predicted molar refractivity (Wildman–Crippen MR) is 85.5 cm³/mol. The van der Waals surface area contributed by atoms with Crippen molar-refractivity contribution in [2.45, 2.75) is 83.9 Å². The lowest BCUT2D eigenvalue weighted by Gasteiger charge is -2.31. The van der Waals surface area contributed by atoms with Crippen molar-refractivity contribution in [1.29, 1.82) is 0 Å². The quantitative estimate of drug-likeness (QED) is 0.852. The van der Waals surface area contributed by atoms with Crippen LogP contribution < -0.4 is 5.32 Å². The average molecular weight is 310 g/mol. The van der Waals surface area contributed by atoms with Crippen LogP contribution in [0.5, 0.6) is 0 Å². The molecule has 1 aliphatic heterocycles. The number of nitrogens with zero attached hydrogens (tertiary/aromatic N) is 1. The highest BCUT2D eigenvalue weighted by Gasteiger charge is 2.37. The van der Waals surface area contributed by atoms with Crippen LogP contribution in [0.3, 0.4) is 0 Å². The molecule has 22 heavy (non-hydrogen) atoms. The van der Waals surface area contributed by atoms with Gasteiger partial charge in [-0.05, 0) is 52.4 Å². The minimum absolute atomic E-state index is 0.0116. The Morgan fingerprint density at radius 1 is 1.14 bits per heavy atom. The molecule has 1 saturated heterocycles. The molecule has 1 N–H and O–H groups in total. The van der Waals surface area contributed by atoms with E-state index in [4.69, 9.17) is 4.74 Å². The molecule has 0 spiro atoms. The molecule has 0 aromatic rings. The van der Waals surface area contributed by atoms with Crippen molar-refractivity contribution < 1.29 is 14.3 Å². The van der Waals surface area contributed by atoms with Crippen LogP contribution in [0.4, 0.5) is 4.79 Å². The first-order chi connectivity index (χ1) is 10.3. The molecule has 126 valence electrons. The van der Waals surface area contributed by atoms with E-state index < -0.39 is 5.60 Å². The third kappa shape index (κ3) is 4.62. The highest BCUT2D eigenvalue weighted by molar-refractivity contribution is 5.86. The zero-order chi connectivity index (χ0) is 16.3. The average Bonchev–Trinajstić information content (AvgIpc) is 2.85. The summed E-state index contributed by atoms with van der Waals surface area (Å²) in [5, 5.41) is 3.15. The Morgan fingerprint density at radius 2 is 1.86 bits per heavy atom. The predicted octanol–water partition coefficient (Wildman–Crippen LogP) is 3.08. The normalized spacial score (nSPS) is 29.3. The van der Waals surface area contributed by atoms with E-state index in [2.05, 4.69) is 12.2 Å². The first-order valence-corrected chi connectivity index (χ1v) is 8.56. The Balaban J connectivity index is 1.92. The summed E-state index contributed by atoms with van der Waals surface area (Å²) in [5.74, 6) is 0.659. The molecule has 2 amide bonds. The van der Waals surface area contributed by atoms with Gasteiger partial charge in [0, 0.05) is 12.6 Å². The minimum atomic E-state index is -0.528. The maximum atomic E-state index is 12.5. The molecule has 3 atom stereocenters. The standard InChI is InChI=1S/C17H30N2O3/c1-12-7-5-8-13(11-12)18-15(20)14-9-6-10-19(14)16(21)22-17(2,3)4/h12-14H,5-11H2,1-4H3,(H,18,20). The molecule has 2 fully saturated rings. The molecule has 1 saturated carbocycles. The summed E-state index contributed by atoms with van der Waals surface area (Å²) in [6, 6.07) is -0.107. The molecule has 0 bridgehead atoms. The summed E-state index contributed by atoms with van der Waals surface area (Å²) in [4.78, 5) is 26.4. The Bertz CT molecular complexity index is 417. The second-order valence-electron chi connectivity index (χ2n) is 7.81. The molecule has 0 aromatic carbocycles. The zero-order valence-corrected chi connectivity index (χ0v) is 14.4. The van der Waals surface area contributed by atoms with Gasteiger partial charge < -0.3 is 10.1 Å². The number of nitrogens with one attached hydrogen (secondary N) is 1. The van der Waals surface area contributed by atoms with E-state index >= 15 is 0 Å². The first-order valence-electron chi connectivity index (χ1n) is 8.56. The number of likely N-dealkylation sites (tertiary alicyclic amines) is 1. The molecule has 1 heterocycles. The summed E-state index contributed by atoms with van der Waals surface area (Å²) >= 11 is 0. The second kappa shape index (κ2) is 6.88. The third-order valence-electron chi connectivity index (χ3n) is 4.47. The number of hydrogen-bond donors (Lipinski definition) is 1. The fourth-order valence-electron chi connectivity index (χ4n) is 3.44. The number of amides is 2. The molecule has 1 aliphatic carbocycles. The molecule has 0 radical (unpaired) electrons. The summed E-state index contributed by atoms with van der Waals surface area (Å²) in [5.41, 5.74) is -0.528. The monoisotopic (exact) mass is 310 g/mol. The van der Waals surface area contributed by atoms with Crippen molar-refractivity contribution in [2.24, 2.45) is 5.92 Å². The van der Waals surface area contributed by atoms with Crippen molar-refractivity contribution >= 4 is 12.0 Å². The number of ether oxygens (including phenoxy) is 1. The van der Waals surface area contributed by atoms with Gasteiger partial charge in [0.15, 0.2) is 0 Å². The van der Waals surface area contributed by atoms with Crippen LogP contribution in [0.2, 0.25) is 0 Å². The third-order valence-corrected chi connectivity index (χ3v) is 4.47. The molecule has 5 heteroatoms. The largest absolute Gasteiger partial charge is 0.444 e. The van der Waals surface area contributed by atoms with Gasteiger partial charge in [0.1, 0.15) is 11.6 Å². The van der Waals surface area contributed by atoms with Crippen molar-refractivity contribution in [2.75, 3.05) is 6.54 Å². The molecular weight excluding hydrogens is 280 g/mol. The summed E-state index contributed by atoms with van der Waals surface area (Å²) in [6.07, 6.45) is 5.74. The van der Waals surface area contributed by atoms with Crippen LogP contribution in [0.25, 0.3) is 0 Å². The summed E-state index contributed by atoms with van der Waals surface area (Å²) in [6.45, 7) is 8.38. The van der Waals surface area contributed by atoms with E-state index in [9.17, 15) is 9.59 Å². The molecule has 2 aliphatic rings. The van der Waals surface area contributed by atoms with Crippen molar-refractivity contribution in [1.82, 2.24) is 10.2 Å². The van der Waals surface area contributed by atoms with Crippen LogP contribution in [0.15, 0.2) is 0 Å². The van der Waals surface area contributed by atoms with Gasteiger partial charge in [0.25, 0.3) is 0 Å². The SMILES string of the molecule is CC1CCCC(NC(=O)C2CCCN2C(=O)OC(C)(C)C)C1. The fraction of sp³-hybridized carbons (Fsp3) is 0.882. The van der Waals surface area contributed by atoms with E-state index in [1.54, 1.807) is 4.90 Å². The number of carbonyl (C=O) groups is 2. The van der Waals surface area contributed by atoms with E-state index in [1.807, 2.05) is 20.8 Å². The van der Waals surface area contributed by atoms with Crippen molar-refractivity contribution in [3.8, 4) is 0 Å². The Hall–Kier alpha value is -1.26. The van der Waals surface area contributed by atoms with Crippen LogP contribution in [0, 0.1) is 5.92 Å². The summed E-state index contributed by atoms with van der Waals surface area (Å²) in [7, 11) is 0. The highest BCUT2D eigenvalue weighted by Crippen LogP contribution is 2.25. The van der Waals surface area contributed by atoms with Crippen molar-refractivity contribution in [3.05, 3.63) is 0 Å². The van der Waals surface area contributed by atoms with Crippen molar-refractivity contribution in [3.63, 3.8) is 0 Å². The minimum Gasteiger partial charge on any atom is -0.444 e. The Kier molecular flexibility index (Phi) is 5.35. The maximum absolute atomic E-state index is 12.5. The molecule has 0 aromatic heterocycles. The van der Waals surface area contributed by atoms with E-state index in [1.165, 1.54) is 12.8 Å². The van der Waals surface area contributed by atoms with Gasteiger partial charge in [-0.2, -0.15) is 0 Å². The molecule has 5 nitrogen and oxygen atoms in total. The zero-order valence-electron chi connectivity index (χ0n) is 14.4. The van der Waals surface area contributed by atoms with Gasteiger partial charge in [-0.1, -0.05) is 19.8 Å². The Morgan fingerprint density at radius 3 is 2.50 bits per heavy atom. The van der Waals surface area contributed by atoms with Gasteiger partial charge in [0.2, 0.25) is 5.91 Å². The molecule has 3 unspecified atom stereocenters. The van der Waals surface area contributed by atoms with Gasteiger partial charge >= 0.3 is 6.09 Å². The molecular formula is C17H30N2O3. The fourth-order valence-corrected chi connectivity index (χ4v) is 3.44. The number of carbonyl (C=O) groups excluding carboxylic acids is 2. The summed E-state index contributed by atoms with van der Waals surface area (Å²) < 4.78 is 5.42. The van der Waals surface area contributed by atoms with Crippen LogP contribution in [-0.2, 0) is 9.53 Å². The lowest BCUT2D eigenvalue weighted by molar-refractivity contribution is -0.126. The van der Waals surface area contributed by atoms with Gasteiger partial charge in [-0.15, -0.1) is 0 Å². The number of rotatable bonds is 2. The topological polar surface area (TPSA) is 58.6 Å². The highest BCUT2D eigenvalue weighted by atomic mass is 16.6. The molecule has 2 rings (SSSR count). The van der Waals surface area contributed by atoms with Crippen LogP contribution in [0.1, 0.15) is 66.2 Å². The van der Waals surface area contributed by atoms with E-state index in [-0.39, 0.29) is 24.1 Å². The van der Waals surface area contributed by atoms with Crippen LogP contribution in [-0.4, -0.2) is 41.1 Å².